The summed E-state index contributed by atoms with van der Waals surface area (Å²) in [5.41, 5.74) is 1.79. The summed E-state index contributed by atoms with van der Waals surface area (Å²) in [7, 11) is 0. The van der Waals surface area contributed by atoms with Gasteiger partial charge in [0, 0.05) is 28.0 Å². The first-order chi connectivity index (χ1) is 14.5. The second kappa shape index (κ2) is 8.73. The number of nitro groups is 1. The normalized spacial score (nSPS) is 12.1. The number of thioether (sulfide) groups is 1. The van der Waals surface area contributed by atoms with E-state index in [1.54, 1.807) is 30.5 Å². The fourth-order valence-electron chi connectivity index (χ4n) is 3.01. The van der Waals surface area contributed by atoms with Gasteiger partial charge in [0.25, 0.3) is 5.69 Å². The first-order valence-corrected chi connectivity index (χ1v) is 10.4. The highest BCUT2D eigenvalue weighted by molar-refractivity contribution is 7.99. The van der Waals surface area contributed by atoms with Crippen molar-refractivity contribution in [1.29, 1.82) is 0 Å². The third kappa shape index (κ3) is 4.39. The summed E-state index contributed by atoms with van der Waals surface area (Å²) >= 11 is 7.50. The zero-order valence-electron chi connectivity index (χ0n) is 15.9. The molecule has 7 nitrogen and oxygen atoms in total. The van der Waals surface area contributed by atoms with E-state index >= 15 is 0 Å². The lowest BCUT2D eigenvalue weighted by molar-refractivity contribution is -0.384. The Morgan fingerprint density at radius 3 is 2.67 bits per heavy atom. The summed E-state index contributed by atoms with van der Waals surface area (Å²) in [5, 5.41) is 21.1. The van der Waals surface area contributed by atoms with Gasteiger partial charge in [-0.15, -0.1) is 10.2 Å². The third-order valence-electron chi connectivity index (χ3n) is 4.55. The summed E-state index contributed by atoms with van der Waals surface area (Å²) in [6.07, 6.45) is 1.63. The Labute approximate surface area is 181 Å². The fourth-order valence-corrected chi connectivity index (χ4v) is 4.10. The maximum Gasteiger partial charge on any atom is 0.269 e. The minimum atomic E-state index is -0.390. The van der Waals surface area contributed by atoms with E-state index in [2.05, 4.69) is 10.2 Å². The Balaban J connectivity index is 1.68. The highest BCUT2D eigenvalue weighted by Crippen LogP contribution is 2.36. The summed E-state index contributed by atoms with van der Waals surface area (Å²) in [6, 6.07) is 17.8. The highest BCUT2D eigenvalue weighted by Gasteiger charge is 2.20. The van der Waals surface area contributed by atoms with Crippen LogP contribution in [0.4, 0.5) is 5.69 Å². The van der Waals surface area contributed by atoms with Crippen molar-refractivity contribution in [3.63, 3.8) is 0 Å². The molecule has 0 bridgehead atoms. The monoisotopic (exact) mass is 440 g/mol. The Kier molecular flexibility index (Phi) is 5.87. The van der Waals surface area contributed by atoms with Gasteiger partial charge in [0.2, 0.25) is 0 Å². The van der Waals surface area contributed by atoms with Crippen LogP contribution in [0.5, 0.6) is 0 Å². The van der Waals surface area contributed by atoms with Gasteiger partial charge in [-0.25, -0.2) is 0 Å². The lowest BCUT2D eigenvalue weighted by atomic mass is 10.1. The number of nitrogens with zero attached hydrogens (tertiary/aromatic N) is 4. The van der Waals surface area contributed by atoms with Crippen LogP contribution in [-0.2, 0) is 6.54 Å². The average molecular weight is 441 g/mol. The van der Waals surface area contributed by atoms with Crippen LogP contribution in [0.3, 0.4) is 0 Å². The van der Waals surface area contributed by atoms with Crippen molar-refractivity contribution in [3.05, 3.63) is 93.4 Å². The Hall–Kier alpha value is -3.10. The maximum absolute atomic E-state index is 11.1. The number of benzene rings is 2. The lowest BCUT2D eigenvalue weighted by Crippen LogP contribution is -2.04. The number of rotatable bonds is 7. The van der Waals surface area contributed by atoms with Gasteiger partial charge in [-0.05, 0) is 48.9 Å². The van der Waals surface area contributed by atoms with Crippen molar-refractivity contribution in [2.45, 2.75) is 23.9 Å². The van der Waals surface area contributed by atoms with Crippen molar-refractivity contribution < 1.29 is 9.34 Å². The van der Waals surface area contributed by atoms with Crippen LogP contribution >= 0.6 is 23.4 Å². The van der Waals surface area contributed by atoms with Crippen molar-refractivity contribution in [2.24, 2.45) is 0 Å². The summed E-state index contributed by atoms with van der Waals surface area (Å²) in [5.74, 6) is 1.46. The summed E-state index contributed by atoms with van der Waals surface area (Å²) in [4.78, 5) is 10.7. The van der Waals surface area contributed by atoms with Crippen LogP contribution in [0, 0.1) is 10.1 Å². The van der Waals surface area contributed by atoms with Gasteiger partial charge in [0.05, 0.1) is 17.7 Å². The second-order valence-electron chi connectivity index (χ2n) is 6.59. The molecule has 0 aliphatic heterocycles. The standard InChI is InChI=1S/C21H17ClN4O3S/c1-14(16-4-2-5-18(12-16)26(27)28)30-21-24-23-20(15-7-9-17(22)10-8-15)25(21)13-19-6-3-11-29-19/h2-12,14H,13H2,1H3. The van der Waals surface area contributed by atoms with E-state index in [1.807, 2.05) is 41.8 Å². The molecule has 2 heterocycles. The van der Waals surface area contributed by atoms with E-state index < -0.39 is 0 Å². The van der Waals surface area contributed by atoms with Gasteiger partial charge in [0.15, 0.2) is 11.0 Å². The molecule has 2 aromatic heterocycles. The fraction of sp³-hybridized carbons (Fsp3) is 0.143. The number of hydrogen-bond donors (Lipinski definition) is 0. The van der Waals surface area contributed by atoms with Crippen molar-refractivity contribution in [2.75, 3.05) is 0 Å². The van der Waals surface area contributed by atoms with E-state index in [1.165, 1.54) is 17.8 Å². The summed E-state index contributed by atoms with van der Waals surface area (Å²) in [6.45, 7) is 2.44. The number of aromatic nitrogens is 3. The maximum atomic E-state index is 11.1. The topological polar surface area (TPSA) is 87.0 Å². The molecule has 0 amide bonds. The molecular weight excluding hydrogens is 424 g/mol. The Bertz CT molecular complexity index is 1160. The molecule has 0 radical (unpaired) electrons. The minimum absolute atomic E-state index is 0.0671. The summed E-state index contributed by atoms with van der Waals surface area (Å²) < 4.78 is 7.49. The van der Waals surface area contributed by atoms with Gasteiger partial charge >= 0.3 is 0 Å². The largest absolute Gasteiger partial charge is 0.467 e. The first-order valence-electron chi connectivity index (χ1n) is 9.14. The molecule has 0 aliphatic carbocycles. The first kappa shape index (κ1) is 20.2. The molecule has 0 fully saturated rings. The highest BCUT2D eigenvalue weighted by atomic mass is 35.5. The van der Waals surface area contributed by atoms with Gasteiger partial charge in [-0.2, -0.15) is 0 Å². The molecule has 1 unspecified atom stereocenters. The molecule has 0 spiro atoms. The van der Waals surface area contributed by atoms with Crippen molar-refractivity contribution >= 4 is 29.1 Å². The predicted octanol–water partition coefficient (Wildman–Crippen LogP) is 6.00. The zero-order valence-corrected chi connectivity index (χ0v) is 17.5. The van der Waals surface area contributed by atoms with Crippen LogP contribution in [0.15, 0.2) is 76.5 Å². The Morgan fingerprint density at radius 2 is 1.97 bits per heavy atom. The van der Waals surface area contributed by atoms with E-state index in [9.17, 15) is 10.1 Å². The molecular formula is C21H17ClN4O3S. The van der Waals surface area contributed by atoms with Gasteiger partial charge in [-0.1, -0.05) is 35.5 Å². The van der Waals surface area contributed by atoms with Crippen LogP contribution in [-0.4, -0.2) is 19.7 Å². The minimum Gasteiger partial charge on any atom is -0.467 e. The van der Waals surface area contributed by atoms with E-state index in [4.69, 9.17) is 16.0 Å². The van der Waals surface area contributed by atoms with E-state index in [0.717, 1.165) is 16.9 Å². The van der Waals surface area contributed by atoms with E-state index in [-0.39, 0.29) is 15.9 Å². The molecule has 0 N–H and O–H groups in total. The smallest absolute Gasteiger partial charge is 0.269 e. The third-order valence-corrected chi connectivity index (χ3v) is 5.94. The number of hydrogen-bond acceptors (Lipinski definition) is 6. The Morgan fingerprint density at radius 1 is 1.17 bits per heavy atom. The van der Waals surface area contributed by atoms with Crippen LogP contribution in [0.1, 0.15) is 23.5 Å². The zero-order chi connectivity index (χ0) is 21.1. The SMILES string of the molecule is CC(Sc1nnc(-c2ccc(Cl)cc2)n1Cc1ccco1)c1cccc([N+](=O)[O-])c1. The number of halogens is 1. The number of non-ortho nitro benzene ring substituents is 1. The molecule has 0 aliphatic rings. The number of nitro benzene ring substituents is 1. The second-order valence-corrected chi connectivity index (χ2v) is 8.34. The molecule has 0 saturated heterocycles. The van der Waals surface area contributed by atoms with Gasteiger partial charge in [-0.3, -0.25) is 14.7 Å². The van der Waals surface area contributed by atoms with Crippen molar-refractivity contribution in [1.82, 2.24) is 14.8 Å². The van der Waals surface area contributed by atoms with Crippen LogP contribution in [0.2, 0.25) is 5.02 Å². The van der Waals surface area contributed by atoms with Crippen LogP contribution < -0.4 is 0 Å². The molecule has 4 rings (SSSR count). The van der Waals surface area contributed by atoms with E-state index in [0.29, 0.717) is 22.5 Å². The molecule has 4 aromatic rings. The quantitative estimate of drug-likeness (QED) is 0.199. The number of furan rings is 1. The molecule has 2 aromatic carbocycles. The van der Waals surface area contributed by atoms with Gasteiger partial charge < -0.3 is 4.42 Å². The molecule has 152 valence electrons. The molecule has 0 saturated carbocycles. The lowest BCUT2D eigenvalue weighted by Gasteiger charge is -2.13. The predicted molar refractivity (Wildman–Crippen MR) is 116 cm³/mol. The van der Waals surface area contributed by atoms with Crippen molar-refractivity contribution in [3.8, 4) is 11.4 Å². The average Bonchev–Trinajstić information content (AvgIpc) is 3.40. The van der Waals surface area contributed by atoms with Crippen LogP contribution in [0.25, 0.3) is 11.4 Å². The molecule has 9 heteroatoms. The van der Waals surface area contributed by atoms with Gasteiger partial charge in [0.1, 0.15) is 5.76 Å². The molecule has 1 atom stereocenters. The molecule has 30 heavy (non-hydrogen) atoms.